The molecule has 2 atom stereocenters. The van der Waals surface area contributed by atoms with Crippen LogP contribution < -0.4 is 20.5 Å². The summed E-state index contributed by atoms with van der Waals surface area (Å²) in [5.74, 6) is 2.46. The second-order valence-electron chi connectivity index (χ2n) is 6.74. The Hall–Kier alpha value is -1.75. The predicted molar refractivity (Wildman–Crippen MR) is 88.5 cm³/mol. The van der Waals surface area contributed by atoms with E-state index in [1.54, 1.807) is 19.2 Å². The Morgan fingerprint density at radius 3 is 2.39 bits per heavy atom. The Balaban J connectivity index is 1.50. The Kier molecular flexibility index (Phi) is 5.06. The lowest BCUT2D eigenvalue weighted by Gasteiger charge is -2.45. The highest BCUT2D eigenvalue weighted by Crippen LogP contribution is 2.39. The molecule has 126 valence electrons. The van der Waals surface area contributed by atoms with E-state index in [0.29, 0.717) is 23.6 Å². The molecule has 0 aromatic heterocycles. The molecule has 2 aliphatic rings. The molecule has 0 saturated heterocycles. The van der Waals surface area contributed by atoms with Crippen molar-refractivity contribution in [2.45, 2.75) is 44.2 Å². The number of hydrogen-bond donors (Lipinski definition) is 2. The topological polar surface area (TPSA) is 73.6 Å². The van der Waals surface area contributed by atoms with Gasteiger partial charge in [-0.25, -0.2) is 0 Å². The van der Waals surface area contributed by atoms with Gasteiger partial charge in [-0.05, 0) is 61.8 Å². The van der Waals surface area contributed by atoms with E-state index >= 15 is 0 Å². The molecule has 0 spiro atoms. The predicted octanol–water partition coefficient (Wildman–Crippen LogP) is 2.10. The van der Waals surface area contributed by atoms with Crippen molar-refractivity contribution < 1.29 is 14.3 Å². The Morgan fingerprint density at radius 1 is 1.17 bits per heavy atom. The summed E-state index contributed by atoms with van der Waals surface area (Å²) < 4.78 is 10.7. The molecule has 2 unspecified atom stereocenters. The molecule has 2 saturated carbocycles. The van der Waals surface area contributed by atoms with Crippen LogP contribution in [0.5, 0.6) is 11.5 Å². The van der Waals surface area contributed by atoms with Gasteiger partial charge >= 0.3 is 0 Å². The summed E-state index contributed by atoms with van der Waals surface area (Å²) >= 11 is 0. The zero-order valence-corrected chi connectivity index (χ0v) is 13.7. The van der Waals surface area contributed by atoms with Crippen LogP contribution in [0.4, 0.5) is 0 Å². The summed E-state index contributed by atoms with van der Waals surface area (Å²) in [7, 11) is 1.62. The number of rotatable bonds is 5. The molecule has 5 heteroatoms. The number of methoxy groups -OCH3 is 1. The SMILES string of the molecule is COc1ccc(OCC(=O)NC2C3CCCC2CC(N)C3)cc1. The van der Waals surface area contributed by atoms with Crippen molar-refractivity contribution in [1.82, 2.24) is 5.32 Å². The van der Waals surface area contributed by atoms with Gasteiger partial charge in [0.05, 0.1) is 7.11 Å². The molecule has 0 heterocycles. The molecule has 2 aliphatic carbocycles. The van der Waals surface area contributed by atoms with Crippen molar-refractivity contribution in [3.8, 4) is 11.5 Å². The molecule has 5 nitrogen and oxygen atoms in total. The molecule has 23 heavy (non-hydrogen) atoms. The van der Waals surface area contributed by atoms with Crippen molar-refractivity contribution in [2.75, 3.05) is 13.7 Å². The summed E-state index contributed by atoms with van der Waals surface area (Å²) in [4.78, 5) is 12.2. The van der Waals surface area contributed by atoms with E-state index in [1.807, 2.05) is 12.1 Å². The Labute approximate surface area is 137 Å². The van der Waals surface area contributed by atoms with Crippen LogP contribution in [0, 0.1) is 11.8 Å². The third-order valence-corrected chi connectivity index (χ3v) is 5.13. The van der Waals surface area contributed by atoms with Crippen LogP contribution in [0.15, 0.2) is 24.3 Å². The summed E-state index contributed by atoms with van der Waals surface area (Å²) in [5.41, 5.74) is 6.13. The first-order chi connectivity index (χ1) is 11.2. The number of nitrogens with one attached hydrogen (secondary N) is 1. The number of benzene rings is 1. The quantitative estimate of drug-likeness (QED) is 0.872. The highest BCUT2D eigenvalue weighted by Gasteiger charge is 2.39. The zero-order valence-electron chi connectivity index (χ0n) is 13.7. The van der Waals surface area contributed by atoms with Crippen molar-refractivity contribution in [2.24, 2.45) is 17.6 Å². The molecule has 1 amide bonds. The Bertz CT molecular complexity index is 518. The number of nitrogens with two attached hydrogens (primary N) is 1. The van der Waals surface area contributed by atoms with E-state index < -0.39 is 0 Å². The van der Waals surface area contributed by atoms with Crippen molar-refractivity contribution in [3.05, 3.63) is 24.3 Å². The van der Waals surface area contributed by atoms with E-state index in [0.717, 1.165) is 18.6 Å². The minimum absolute atomic E-state index is 0.0433. The first kappa shape index (κ1) is 16.1. The van der Waals surface area contributed by atoms with Crippen LogP contribution in [0.1, 0.15) is 32.1 Å². The lowest BCUT2D eigenvalue weighted by atomic mass is 9.67. The average molecular weight is 318 g/mol. The minimum atomic E-state index is -0.0433. The number of carbonyl (C=O) groups is 1. The van der Waals surface area contributed by atoms with E-state index in [2.05, 4.69) is 5.32 Å². The monoisotopic (exact) mass is 318 g/mol. The second kappa shape index (κ2) is 7.21. The fourth-order valence-electron chi connectivity index (χ4n) is 4.07. The summed E-state index contributed by atoms with van der Waals surface area (Å²) in [6.07, 6.45) is 5.67. The van der Waals surface area contributed by atoms with E-state index in [4.69, 9.17) is 15.2 Å². The van der Waals surface area contributed by atoms with Crippen LogP contribution in [-0.4, -0.2) is 31.7 Å². The summed E-state index contributed by atoms with van der Waals surface area (Å²) in [5, 5.41) is 3.19. The lowest BCUT2D eigenvalue weighted by molar-refractivity contribution is -0.125. The first-order valence-corrected chi connectivity index (χ1v) is 8.47. The third-order valence-electron chi connectivity index (χ3n) is 5.13. The molecule has 2 fully saturated rings. The van der Waals surface area contributed by atoms with Gasteiger partial charge in [-0.1, -0.05) is 6.42 Å². The van der Waals surface area contributed by atoms with Gasteiger partial charge in [-0.15, -0.1) is 0 Å². The van der Waals surface area contributed by atoms with Crippen LogP contribution >= 0.6 is 0 Å². The lowest BCUT2D eigenvalue weighted by Crippen LogP contribution is -2.54. The third kappa shape index (κ3) is 3.96. The molecule has 2 bridgehead atoms. The molecule has 1 aromatic carbocycles. The molecule has 0 radical (unpaired) electrons. The smallest absolute Gasteiger partial charge is 0.258 e. The molecular formula is C18H26N2O3. The van der Waals surface area contributed by atoms with Gasteiger partial charge < -0.3 is 20.5 Å². The fourth-order valence-corrected chi connectivity index (χ4v) is 4.07. The van der Waals surface area contributed by atoms with Crippen molar-refractivity contribution >= 4 is 5.91 Å². The van der Waals surface area contributed by atoms with Crippen LogP contribution in [0.25, 0.3) is 0 Å². The molecule has 3 rings (SSSR count). The molecular weight excluding hydrogens is 292 g/mol. The fraction of sp³-hybridized carbons (Fsp3) is 0.611. The van der Waals surface area contributed by atoms with Gasteiger partial charge in [0.2, 0.25) is 0 Å². The largest absolute Gasteiger partial charge is 0.497 e. The standard InChI is InChI=1S/C18H26N2O3/c1-22-15-5-7-16(8-6-15)23-11-17(21)20-18-12-3-2-4-13(18)10-14(19)9-12/h5-8,12-14,18H,2-4,9-11,19H2,1H3,(H,20,21). The van der Waals surface area contributed by atoms with E-state index in [1.165, 1.54) is 19.3 Å². The Morgan fingerprint density at radius 2 is 1.78 bits per heavy atom. The van der Waals surface area contributed by atoms with Crippen LogP contribution in [0.2, 0.25) is 0 Å². The van der Waals surface area contributed by atoms with E-state index in [-0.39, 0.29) is 18.6 Å². The highest BCUT2D eigenvalue weighted by molar-refractivity contribution is 5.78. The molecule has 1 aromatic rings. The first-order valence-electron chi connectivity index (χ1n) is 8.47. The van der Waals surface area contributed by atoms with Gasteiger partial charge in [0.15, 0.2) is 6.61 Å². The number of amides is 1. The van der Waals surface area contributed by atoms with Gasteiger partial charge in [0.25, 0.3) is 5.91 Å². The number of carbonyl (C=O) groups excluding carboxylic acids is 1. The minimum Gasteiger partial charge on any atom is -0.497 e. The zero-order chi connectivity index (χ0) is 16.2. The van der Waals surface area contributed by atoms with Crippen molar-refractivity contribution in [3.63, 3.8) is 0 Å². The maximum absolute atomic E-state index is 12.2. The average Bonchev–Trinajstić information content (AvgIpc) is 2.54. The number of fused-ring (bicyclic) bond motifs is 2. The van der Waals surface area contributed by atoms with Gasteiger partial charge in [0, 0.05) is 12.1 Å². The summed E-state index contributed by atoms with van der Waals surface area (Å²) in [6, 6.07) is 7.82. The highest BCUT2D eigenvalue weighted by atomic mass is 16.5. The van der Waals surface area contributed by atoms with E-state index in [9.17, 15) is 4.79 Å². The van der Waals surface area contributed by atoms with Crippen LogP contribution in [0.3, 0.4) is 0 Å². The molecule has 0 aliphatic heterocycles. The second-order valence-corrected chi connectivity index (χ2v) is 6.74. The normalized spacial score (nSPS) is 29.7. The number of hydrogen-bond acceptors (Lipinski definition) is 4. The molecule has 3 N–H and O–H groups in total. The maximum atomic E-state index is 12.2. The van der Waals surface area contributed by atoms with Gasteiger partial charge in [0.1, 0.15) is 11.5 Å². The maximum Gasteiger partial charge on any atom is 0.258 e. The summed E-state index contributed by atoms with van der Waals surface area (Å²) in [6.45, 7) is 0.0499. The van der Waals surface area contributed by atoms with Crippen LogP contribution in [-0.2, 0) is 4.79 Å². The van der Waals surface area contributed by atoms with Gasteiger partial charge in [-0.3, -0.25) is 4.79 Å². The number of ether oxygens (including phenoxy) is 2. The van der Waals surface area contributed by atoms with Gasteiger partial charge in [-0.2, -0.15) is 0 Å². The van der Waals surface area contributed by atoms with Crippen molar-refractivity contribution in [1.29, 1.82) is 0 Å².